The first-order valence-electron chi connectivity index (χ1n) is 3.69. The SMILES string of the molecule is c1ccc(N2CCNO2)cc1. The number of nitrogens with zero attached hydrogens (tertiary/aromatic N) is 1. The van der Waals surface area contributed by atoms with Crippen LogP contribution in [0.5, 0.6) is 0 Å². The fourth-order valence-corrected chi connectivity index (χ4v) is 1.09. The molecule has 1 aromatic rings. The van der Waals surface area contributed by atoms with Crippen LogP contribution in [0.15, 0.2) is 30.3 Å². The molecule has 3 nitrogen and oxygen atoms in total. The topological polar surface area (TPSA) is 24.5 Å². The molecule has 1 aliphatic heterocycles. The van der Waals surface area contributed by atoms with Crippen LogP contribution in [0.3, 0.4) is 0 Å². The second-order valence-corrected chi connectivity index (χ2v) is 2.42. The smallest absolute Gasteiger partial charge is 0.0656 e. The van der Waals surface area contributed by atoms with Crippen LogP contribution in [0.25, 0.3) is 0 Å². The summed E-state index contributed by atoms with van der Waals surface area (Å²) in [6, 6.07) is 10.0. The lowest BCUT2D eigenvalue weighted by Crippen LogP contribution is -2.17. The minimum atomic E-state index is 0.884. The average Bonchev–Trinajstić information content (AvgIpc) is 2.58. The van der Waals surface area contributed by atoms with Crippen molar-refractivity contribution in [2.75, 3.05) is 18.2 Å². The summed E-state index contributed by atoms with van der Waals surface area (Å²) in [4.78, 5) is 5.12. The normalized spacial score (nSPS) is 17.3. The van der Waals surface area contributed by atoms with Gasteiger partial charge in [0.1, 0.15) is 0 Å². The standard InChI is InChI=1S/C8H10N2O/c1-2-4-8(5-3-1)10-7-6-9-11-10/h1-5,9H,6-7H2. The van der Waals surface area contributed by atoms with E-state index in [1.807, 2.05) is 35.4 Å². The van der Waals surface area contributed by atoms with Crippen molar-refractivity contribution in [3.05, 3.63) is 30.3 Å². The molecule has 0 bridgehead atoms. The van der Waals surface area contributed by atoms with Gasteiger partial charge < -0.3 is 0 Å². The highest BCUT2D eigenvalue weighted by molar-refractivity contribution is 5.43. The van der Waals surface area contributed by atoms with Gasteiger partial charge in [0.2, 0.25) is 0 Å². The molecule has 1 aliphatic rings. The summed E-state index contributed by atoms with van der Waals surface area (Å²) in [5.74, 6) is 0. The first-order valence-corrected chi connectivity index (χ1v) is 3.69. The third-order valence-corrected chi connectivity index (χ3v) is 1.64. The Morgan fingerprint density at radius 2 is 2.09 bits per heavy atom. The van der Waals surface area contributed by atoms with Crippen molar-refractivity contribution in [1.29, 1.82) is 0 Å². The number of para-hydroxylation sites is 1. The Kier molecular flexibility index (Phi) is 1.75. The maximum absolute atomic E-state index is 5.12. The van der Waals surface area contributed by atoms with Crippen LogP contribution in [0.2, 0.25) is 0 Å². The van der Waals surface area contributed by atoms with Gasteiger partial charge in [-0.2, -0.15) is 10.4 Å². The third-order valence-electron chi connectivity index (χ3n) is 1.64. The van der Waals surface area contributed by atoms with Gasteiger partial charge in [0.15, 0.2) is 0 Å². The van der Waals surface area contributed by atoms with Gasteiger partial charge in [-0.05, 0) is 12.1 Å². The Morgan fingerprint density at radius 3 is 2.73 bits per heavy atom. The van der Waals surface area contributed by atoms with E-state index < -0.39 is 0 Å². The lowest BCUT2D eigenvalue weighted by atomic mass is 10.3. The number of nitrogens with one attached hydrogen (secondary N) is 1. The predicted octanol–water partition coefficient (Wildman–Crippen LogP) is 0.943. The molecular formula is C8H10N2O. The molecule has 0 spiro atoms. The van der Waals surface area contributed by atoms with Crippen LogP contribution in [0, 0.1) is 0 Å². The number of anilines is 1. The molecule has 0 radical (unpaired) electrons. The van der Waals surface area contributed by atoms with E-state index in [9.17, 15) is 0 Å². The molecule has 0 aromatic heterocycles. The fraction of sp³-hybridized carbons (Fsp3) is 0.250. The van der Waals surface area contributed by atoms with Gasteiger partial charge in [-0.15, -0.1) is 0 Å². The van der Waals surface area contributed by atoms with Crippen LogP contribution in [0.4, 0.5) is 5.69 Å². The highest BCUT2D eigenvalue weighted by atomic mass is 16.8. The van der Waals surface area contributed by atoms with E-state index in [4.69, 9.17) is 4.94 Å². The summed E-state index contributed by atoms with van der Waals surface area (Å²) in [5.41, 5.74) is 3.89. The molecule has 11 heavy (non-hydrogen) atoms. The monoisotopic (exact) mass is 150 g/mol. The summed E-state index contributed by atoms with van der Waals surface area (Å²) >= 11 is 0. The summed E-state index contributed by atoms with van der Waals surface area (Å²) in [6.45, 7) is 1.79. The summed E-state index contributed by atoms with van der Waals surface area (Å²) in [7, 11) is 0. The predicted molar refractivity (Wildman–Crippen MR) is 42.9 cm³/mol. The van der Waals surface area contributed by atoms with Crippen LogP contribution in [-0.2, 0) is 4.94 Å². The zero-order valence-electron chi connectivity index (χ0n) is 6.16. The van der Waals surface area contributed by atoms with Gasteiger partial charge in [0.25, 0.3) is 0 Å². The van der Waals surface area contributed by atoms with Gasteiger partial charge in [0, 0.05) is 6.54 Å². The third kappa shape index (κ3) is 1.34. The van der Waals surface area contributed by atoms with Crippen molar-refractivity contribution in [3.8, 4) is 0 Å². The first kappa shape index (κ1) is 6.64. The summed E-state index contributed by atoms with van der Waals surface area (Å²) in [6.07, 6.45) is 0. The maximum Gasteiger partial charge on any atom is 0.0656 e. The number of hydrogen-bond acceptors (Lipinski definition) is 3. The van der Waals surface area contributed by atoms with Gasteiger partial charge in [-0.3, -0.25) is 0 Å². The molecule has 0 unspecified atom stereocenters. The Hall–Kier alpha value is -1.06. The molecule has 1 fully saturated rings. The van der Waals surface area contributed by atoms with Crippen LogP contribution in [-0.4, -0.2) is 13.1 Å². The Morgan fingerprint density at radius 1 is 1.27 bits per heavy atom. The molecule has 1 saturated heterocycles. The van der Waals surface area contributed by atoms with Crippen molar-refractivity contribution >= 4 is 5.69 Å². The lowest BCUT2D eigenvalue weighted by molar-refractivity contribution is 0.0783. The van der Waals surface area contributed by atoms with E-state index in [1.165, 1.54) is 0 Å². The molecule has 58 valence electrons. The van der Waals surface area contributed by atoms with Crippen molar-refractivity contribution in [2.24, 2.45) is 0 Å². The van der Waals surface area contributed by atoms with Gasteiger partial charge in [0.05, 0.1) is 12.2 Å². The van der Waals surface area contributed by atoms with E-state index >= 15 is 0 Å². The highest BCUT2D eigenvalue weighted by Gasteiger charge is 2.11. The maximum atomic E-state index is 5.12. The Bertz CT molecular complexity index is 219. The zero-order chi connectivity index (χ0) is 7.52. The quantitative estimate of drug-likeness (QED) is 0.645. The molecule has 3 heteroatoms. The van der Waals surface area contributed by atoms with Crippen molar-refractivity contribution in [2.45, 2.75) is 0 Å². The lowest BCUT2D eigenvalue weighted by Gasteiger charge is -2.13. The summed E-state index contributed by atoms with van der Waals surface area (Å²) in [5, 5.41) is 1.83. The van der Waals surface area contributed by atoms with E-state index in [0.717, 1.165) is 18.8 Å². The number of hydroxylamine groups is 2. The molecule has 0 amide bonds. The van der Waals surface area contributed by atoms with E-state index in [0.29, 0.717) is 0 Å². The average molecular weight is 150 g/mol. The van der Waals surface area contributed by atoms with Crippen LogP contribution in [0.1, 0.15) is 0 Å². The van der Waals surface area contributed by atoms with Crippen molar-refractivity contribution < 1.29 is 4.94 Å². The number of benzene rings is 1. The fourth-order valence-electron chi connectivity index (χ4n) is 1.09. The number of hydrogen-bond donors (Lipinski definition) is 1. The van der Waals surface area contributed by atoms with Crippen LogP contribution >= 0.6 is 0 Å². The molecule has 0 atom stereocenters. The molecule has 0 saturated carbocycles. The molecule has 1 N–H and O–H groups in total. The van der Waals surface area contributed by atoms with Gasteiger partial charge in [-0.25, -0.2) is 5.06 Å². The van der Waals surface area contributed by atoms with E-state index in [1.54, 1.807) is 0 Å². The Labute approximate surface area is 65.5 Å². The molecule has 2 rings (SSSR count). The highest BCUT2D eigenvalue weighted by Crippen LogP contribution is 2.13. The minimum Gasteiger partial charge on any atom is -0.234 e. The van der Waals surface area contributed by atoms with E-state index in [-0.39, 0.29) is 0 Å². The van der Waals surface area contributed by atoms with Crippen molar-refractivity contribution in [3.63, 3.8) is 0 Å². The van der Waals surface area contributed by atoms with Crippen molar-refractivity contribution in [1.82, 2.24) is 5.48 Å². The van der Waals surface area contributed by atoms with Gasteiger partial charge >= 0.3 is 0 Å². The first-order chi connectivity index (χ1) is 5.47. The Balaban J connectivity index is 2.16. The second-order valence-electron chi connectivity index (χ2n) is 2.42. The zero-order valence-corrected chi connectivity index (χ0v) is 6.16. The largest absolute Gasteiger partial charge is 0.234 e. The molecule has 1 aromatic carbocycles. The summed E-state index contributed by atoms with van der Waals surface area (Å²) < 4.78 is 0. The van der Waals surface area contributed by atoms with Crippen LogP contribution < -0.4 is 10.5 Å². The minimum absolute atomic E-state index is 0.884. The molecule has 0 aliphatic carbocycles. The molecular weight excluding hydrogens is 140 g/mol. The number of rotatable bonds is 1. The molecule has 1 heterocycles. The van der Waals surface area contributed by atoms with E-state index in [2.05, 4.69) is 5.48 Å². The second kappa shape index (κ2) is 2.90. The van der Waals surface area contributed by atoms with Gasteiger partial charge in [-0.1, -0.05) is 18.2 Å².